The number of amides is 1. The van der Waals surface area contributed by atoms with E-state index in [0.717, 1.165) is 6.42 Å². The number of aromatic nitrogens is 4. The monoisotopic (exact) mass is 427 g/mol. The number of carbonyl (C=O) groups is 1. The van der Waals surface area contributed by atoms with Crippen LogP contribution in [0.5, 0.6) is 5.75 Å². The fourth-order valence-corrected chi connectivity index (χ4v) is 2.78. The molecule has 27 heavy (non-hydrogen) atoms. The second-order valence-electron chi connectivity index (χ2n) is 5.60. The number of ether oxygens (including phenoxy) is 1. The van der Waals surface area contributed by atoms with E-state index >= 15 is 0 Å². The highest BCUT2D eigenvalue weighted by Crippen LogP contribution is 2.31. The van der Waals surface area contributed by atoms with E-state index in [0.29, 0.717) is 39.6 Å². The number of carbonyl (C=O) groups excluding carboxylic acids is 1. The lowest BCUT2D eigenvalue weighted by molar-refractivity contribution is 0.0945. The molecule has 0 spiro atoms. The van der Waals surface area contributed by atoms with E-state index in [-0.39, 0.29) is 12.6 Å². The van der Waals surface area contributed by atoms with Gasteiger partial charge in [-0.2, -0.15) is 10.2 Å². The predicted octanol–water partition coefficient (Wildman–Crippen LogP) is 3.90. The molecule has 142 valence electrons. The van der Waals surface area contributed by atoms with Gasteiger partial charge in [0.2, 0.25) is 0 Å². The molecule has 2 heterocycles. The average Bonchev–Trinajstić information content (AvgIpc) is 3.29. The molecule has 0 radical (unpaired) electrons. The van der Waals surface area contributed by atoms with Crippen LogP contribution >= 0.6 is 34.8 Å². The molecule has 1 amide bonds. The van der Waals surface area contributed by atoms with Gasteiger partial charge in [-0.15, -0.1) is 0 Å². The fraction of sp³-hybridized carbons (Fsp3) is 0.235. The quantitative estimate of drug-likeness (QED) is 0.552. The van der Waals surface area contributed by atoms with Crippen molar-refractivity contribution < 1.29 is 9.53 Å². The standard InChI is InChI=1S/C17H16Cl3N5O2/c18-12-9-22-24(10-12)7-2-6-21-17(26)14-5-8-25(23-14)11-27-15-4-1-3-13(19)16(15)20/h1,3-5,8-10H,2,6-7,11H2,(H,21,26). The van der Waals surface area contributed by atoms with Crippen molar-refractivity contribution >= 4 is 40.7 Å². The van der Waals surface area contributed by atoms with Crippen LogP contribution in [0.25, 0.3) is 0 Å². The van der Waals surface area contributed by atoms with E-state index < -0.39 is 0 Å². The van der Waals surface area contributed by atoms with Crippen LogP contribution in [-0.2, 0) is 13.3 Å². The van der Waals surface area contributed by atoms with E-state index in [9.17, 15) is 4.79 Å². The fourth-order valence-electron chi connectivity index (χ4n) is 2.28. The summed E-state index contributed by atoms with van der Waals surface area (Å²) in [6, 6.07) is 6.74. The minimum atomic E-state index is -0.256. The number of rotatable bonds is 8. The number of aryl methyl sites for hydroxylation is 1. The van der Waals surface area contributed by atoms with Crippen molar-refractivity contribution in [3.63, 3.8) is 0 Å². The molecule has 0 aliphatic rings. The normalized spacial score (nSPS) is 10.8. The molecular formula is C17H16Cl3N5O2. The highest BCUT2D eigenvalue weighted by atomic mass is 35.5. The summed E-state index contributed by atoms with van der Waals surface area (Å²) in [6.07, 6.45) is 5.68. The van der Waals surface area contributed by atoms with Crippen LogP contribution in [0.15, 0.2) is 42.9 Å². The number of nitrogens with zero attached hydrogens (tertiary/aromatic N) is 4. The summed E-state index contributed by atoms with van der Waals surface area (Å²) in [5.41, 5.74) is 0.304. The van der Waals surface area contributed by atoms with Gasteiger partial charge in [0.15, 0.2) is 6.73 Å². The van der Waals surface area contributed by atoms with Gasteiger partial charge in [-0.25, -0.2) is 4.68 Å². The number of nitrogens with one attached hydrogen (secondary N) is 1. The van der Waals surface area contributed by atoms with E-state index in [4.69, 9.17) is 39.5 Å². The first kappa shape index (κ1) is 19.5. The van der Waals surface area contributed by atoms with Crippen molar-refractivity contribution in [2.45, 2.75) is 19.7 Å². The Bertz CT molecular complexity index is 925. The van der Waals surface area contributed by atoms with Crippen molar-refractivity contribution in [2.24, 2.45) is 0 Å². The van der Waals surface area contributed by atoms with Crippen LogP contribution in [0.2, 0.25) is 15.1 Å². The summed E-state index contributed by atoms with van der Waals surface area (Å²) in [4.78, 5) is 12.1. The molecule has 0 aliphatic heterocycles. The maximum atomic E-state index is 12.1. The molecule has 1 aromatic carbocycles. The van der Waals surface area contributed by atoms with E-state index in [2.05, 4.69) is 15.5 Å². The lowest BCUT2D eigenvalue weighted by Gasteiger charge is -2.08. The third kappa shape index (κ3) is 5.38. The molecule has 3 aromatic rings. The van der Waals surface area contributed by atoms with E-state index in [1.807, 2.05) is 0 Å². The second-order valence-corrected chi connectivity index (χ2v) is 6.82. The van der Waals surface area contributed by atoms with E-state index in [1.54, 1.807) is 47.5 Å². The molecule has 1 N–H and O–H groups in total. The van der Waals surface area contributed by atoms with Crippen LogP contribution in [0.4, 0.5) is 0 Å². The zero-order chi connectivity index (χ0) is 19.2. The third-order valence-corrected chi connectivity index (χ3v) is 4.59. The molecule has 0 atom stereocenters. The van der Waals surface area contributed by atoms with Gasteiger partial charge in [-0.05, 0) is 24.6 Å². The first-order chi connectivity index (χ1) is 13.0. The van der Waals surface area contributed by atoms with Gasteiger partial charge in [-0.3, -0.25) is 9.48 Å². The van der Waals surface area contributed by atoms with Gasteiger partial charge in [0.25, 0.3) is 5.91 Å². The van der Waals surface area contributed by atoms with Gasteiger partial charge >= 0.3 is 0 Å². The maximum Gasteiger partial charge on any atom is 0.271 e. The van der Waals surface area contributed by atoms with Gasteiger partial charge in [0, 0.05) is 25.5 Å². The topological polar surface area (TPSA) is 74.0 Å². The largest absolute Gasteiger partial charge is 0.470 e. The molecule has 0 aliphatic carbocycles. The molecule has 0 saturated heterocycles. The minimum Gasteiger partial charge on any atom is -0.470 e. The van der Waals surface area contributed by atoms with Crippen LogP contribution in [0.3, 0.4) is 0 Å². The maximum absolute atomic E-state index is 12.1. The van der Waals surface area contributed by atoms with Crippen LogP contribution in [-0.4, -0.2) is 32.0 Å². The molecule has 7 nitrogen and oxygen atoms in total. The molecule has 3 rings (SSSR count). The smallest absolute Gasteiger partial charge is 0.271 e. The van der Waals surface area contributed by atoms with Crippen LogP contribution in [0.1, 0.15) is 16.9 Å². The number of hydrogen-bond acceptors (Lipinski definition) is 4. The Hall–Kier alpha value is -2.22. The number of hydrogen-bond donors (Lipinski definition) is 1. The zero-order valence-electron chi connectivity index (χ0n) is 14.1. The Labute approximate surface area is 170 Å². The zero-order valence-corrected chi connectivity index (χ0v) is 16.4. The Morgan fingerprint density at radius 1 is 1.19 bits per heavy atom. The van der Waals surface area contributed by atoms with Crippen molar-refractivity contribution in [2.75, 3.05) is 6.54 Å². The summed E-state index contributed by atoms with van der Waals surface area (Å²) < 4.78 is 8.80. The summed E-state index contributed by atoms with van der Waals surface area (Å²) in [5.74, 6) is 0.192. The van der Waals surface area contributed by atoms with E-state index in [1.165, 1.54) is 4.68 Å². The SMILES string of the molecule is O=C(NCCCn1cc(Cl)cn1)c1ccn(COc2cccc(Cl)c2Cl)n1. The third-order valence-electron chi connectivity index (χ3n) is 3.59. The van der Waals surface area contributed by atoms with Crippen molar-refractivity contribution in [1.82, 2.24) is 24.9 Å². The van der Waals surface area contributed by atoms with Crippen molar-refractivity contribution in [3.8, 4) is 5.75 Å². The molecule has 2 aromatic heterocycles. The molecule has 0 unspecified atom stereocenters. The number of halogens is 3. The molecule has 0 fully saturated rings. The Morgan fingerprint density at radius 3 is 2.81 bits per heavy atom. The summed E-state index contributed by atoms with van der Waals surface area (Å²) >= 11 is 17.8. The lowest BCUT2D eigenvalue weighted by Crippen LogP contribution is -2.26. The highest BCUT2D eigenvalue weighted by molar-refractivity contribution is 6.42. The van der Waals surface area contributed by atoms with Gasteiger partial charge in [0.05, 0.1) is 16.2 Å². The summed E-state index contributed by atoms with van der Waals surface area (Å²) in [7, 11) is 0. The molecule has 0 saturated carbocycles. The summed E-state index contributed by atoms with van der Waals surface area (Å²) in [6.45, 7) is 1.26. The van der Waals surface area contributed by atoms with Gasteiger partial charge in [-0.1, -0.05) is 40.9 Å². The van der Waals surface area contributed by atoms with Crippen LogP contribution in [0, 0.1) is 0 Å². The molecule has 10 heteroatoms. The second kappa shape index (κ2) is 9.12. The van der Waals surface area contributed by atoms with Crippen molar-refractivity contribution in [1.29, 1.82) is 0 Å². The van der Waals surface area contributed by atoms with Gasteiger partial charge < -0.3 is 10.1 Å². The highest BCUT2D eigenvalue weighted by Gasteiger charge is 2.10. The molecule has 0 bridgehead atoms. The first-order valence-corrected chi connectivity index (χ1v) is 9.23. The minimum absolute atomic E-state index is 0.105. The Kier molecular flexibility index (Phi) is 6.60. The predicted molar refractivity (Wildman–Crippen MR) is 104 cm³/mol. The Balaban J connectivity index is 1.45. The van der Waals surface area contributed by atoms with Gasteiger partial charge in [0.1, 0.15) is 16.5 Å². The first-order valence-electron chi connectivity index (χ1n) is 8.09. The van der Waals surface area contributed by atoms with Crippen LogP contribution < -0.4 is 10.1 Å². The molecular weight excluding hydrogens is 413 g/mol. The number of benzene rings is 1. The van der Waals surface area contributed by atoms with Crippen molar-refractivity contribution in [3.05, 3.63) is 63.6 Å². The lowest BCUT2D eigenvalue weighted by atomic mass is 10.3. The Morgan fingerprint density at radius 2 is 2.04 bits per heavy atom. The average molecular weight is 429 g/mol. The summed E-state index contributed by atoms with van der Waals surface area (Å²) in [5, 5.41) is 12.4.